The Labute approximate surface area is 119 Å². The molecular formula is C16H20N2O2. The molecule has 2 rings (SSSR count). The fourth-order valence-electron chi connectivity index (χ4n) is 2.48. The molecule has 0 radical (unpaired) electrons. The smallest absolute Gasteiger partial charge is 0.251 e. The van der Waals surface area contributed by atoms with E-state index in [-0.39, 0.29) is 11.7 Å². The summed E-state index contributed by atoms with van der Waals surface area (Å²) in [5.74, 6) is -0.684. The van der Waals surface area contributed by atoms with E-state index in [0.29, 0.717) is 22.7 Å². The van der Waals surface area contributed by atoms with Crippen LogP contribution in [0.5, 0.6) is 0 Å². The fraction of sp³-hybridized carbons (Fsp3) is 0.375. The fourth-order valence-corrected chi connectivity index (χ4v) is 2.48. The molecule has 0 spiro atoms. The van der Waals surface area contributed by atoms with E-state index in [0.717, 1.165) is 6.42 Å². The zero-order chi connectivity index (χ0) is 14.9. The number of hydrogen-bond acceptors (Lipinski definition) is 4. The van der Waals surface area contributed by atoms with Crippen LogP contribution in [0.4, 0.5) is 0 Å². The molecule has 1 aliphatic rings. The van der Waals surface area contributed by atoms with E-state index in [2.05, 4.69) is 19.2 Å². The molecule has 3 N–H and O–H groups in total. The number of carbonyl (C=O) groups excluding carboxylic acids is 2. The number of allylic oxidation sites excluding steroid dienone is 1. The second kappa shape index (κ2) is 5.49. The molecule has 106 valence electrons. The standard InChI is InChI=1S/C16H20N2O2/c1-4-12(9(2)3)18-14-13(17)10-7-5-6-8-11(10)15(19)16(14)20/h5-9,12,18H,4,17H2,1-3H3. The lowest BCUT2D eigenvalue weighted by atomic mass is 9.89. The highest BCUT2D eigenvalue weighted by molar-refractivity contribution is 6.52. The molecule has 0 heterocycles. The highest BCUT2D eigenvalue weighted by Crippen LogP contribution is 2.25. The van der Waals surface area contributed by atoms with E-state index in [4.69, 9.17) is 5.73 Å². The van der Waals surface area contributed by atoms with Gasteiger partial charge in [0.1, 0.15) is 5.70 Å². The molecule has 0 saturated heterocycles. The molecule has 1 aromatic carbocycles. The lowest BCUT2D eigenvalue weighted by Gasteiger charge is -2.26. The van der Waals surface area contributed by atoms with Crippen LogP contribution in [0.2, 0.25) is 0 Å². The van der Waals surface area contributed by atoms with E-state index in [1.807, 2.05) is 13.0 Å². The zero-order valence-corrected chi connectivity index (χ0v) is 12.1. The number of fused-ring (bicyclic) bond motifs is 1. The minimum absolute atomic E-state index is 0.116. The minimum atomic E-state index is -0.541. The molecule has 1 atom stereocenters. The summed E-state index contributed by atoms with van der Waals surface area (Å²) in [4.78, 5) is 24.4. The van der Waals surface area contributed by atoms with Crippen LogP contribution in [0.25, 0.3) is 5.70 Å². The van der Waals surface area contributed by atoms with Crippen LogP contribution < -0.4 is 11.1 Å². The van der Waals surface area contributed by atoms with E-state index < -0.39 is 11.6 Å². The Hall–Kier alpha value is -2.10. The molecule has 0 saturated carbocycles. The number of benzene rings is 1. The molecule has 4 nitrogen and oxygen atoms in total. The Balaban J connectivity index is 2.47. The first-order chi connectivity index (χ1) is 9.47. The summed E-state index contributed by atoms with van der Waals surface area (Å²) in [6.45, 7) is 6.18. The van der Waals surface area contributed by atoms with Crippen LogP contribution in [0.1, 0.15) is 43.1 Å². The first-order valence-electron chi connectivity index (χ1n) is 6.92. The van der Waals surface area contributed by atoms with Gasteiger partial charge in [0.25, 0.3) is 5.78 Å². The maximum absolute atomic E-state index is 12.2. The number of Topliss-reactive ketones (excluding diaryl/α,β-unsaturated/α-hetero) is 2. The Bertz CT molecular complexity index is 588. The van der Waals surface area contributed by atoms with Gasteiger partial charge < -0.3 is 11.1 Å². The number of nitrogens with two attached hydrogens (primary N) is 1. The highest BCUT2D eigenvalue weighted by atomic mass is 16.2. The SMILES string of the molecule is CCC(NC1=C(N)c2ccccc2C(=O)C1=O)C(C)C. The number of ketones is 2. The van der Waals surface area contributed by atoms with Crippen LogP contribution in [-0.4, -0.2) is 17.6 Å². The van der Waals surface area contributed by atoms with Gasteiger partial charge in [0.05, 0.1) is 5.70 Å². The van der Waals surface area contributed by atoms with Crippen molar-refractivity contribution in [2.24, 2.45) is 11.7 Å². The Morgan fingerprint density at radius 2 is 1.70 bits per heavy atom. The van der Waals surface area contributed by atoms with Crippen LogP contribution in [-0.2, 0) is 4.79 Å². The lowest BCUT2D eigenvalue weighted by molar-refractivity contribution is -0.112. The van der Waals surface area contributed by atoms with Crippen LogP contribution >= 0.6 is 0 Å². The van der Waals surface area contributed by atoms with E-state index in [1.54, 1.807) is 18.2 Å². The number of rotatable bonds is 4. The summed E-state index contributed by atoms with van der Waals surface area (Å²) in [6.07, 6.45) is 0.859. The summed E-state index contributed by atoms with van der Waals surface area (Å²) in [7, 11) is 0. The van der Waals surface area contributed by atoms with Gasteiger partial charge in [-0.1, -0.05) is 45.0 Å². The van der Waals surface area contributed by atoms with E-state index in [9.17, 15) is 9.59 Å². The van der Waals surface area contributed by atoms with Crippen molar-refractivity contribution in [3.05, 3.63) is 41.1 Å². The molecule has 0 fully saturated rings. The van der Waals surface area contributed by atoms with Crippen molar-refractivity contribution in [1.29, 1.82) is 0 Å². The number of nitrogens with one attached hydrogen (secondary N) is 1. The van der Waals surface area contributed by atoms with Gasteiger partial charge >= 0.3 is 0 Å². The molecule has 0 aliphatic heterocycles. The lowest BCUT2D eigenvalue weighted by Crippen LogP contribution is -2.40. The first-order valence-corrected chi connectivity index (χ1v) is 6.92. The summed E-state index contributed by atoms with van der Waals surface area (Å²) in [5.41, 5.74) is 7.72. The van der Waals surface area contributed by atoms with Crippen molar-refractivity contribution in [3.8, 4) is 0 Å². The van der Waals surface area contributed by atoms with Gasteiger partial charge in [-0.15, -0.1) is 0 Å². The topological polar surface area (TPSA) is 72.2 Å². The van der Waals surface area contributed by atoms with Crippen LogP contribution in [0.15, 0.2) is 30.0 Å². The molecule has 0 amide bonds. The Morgan fingerprint density at radius 3 is 2.25 bits per heavy atom. The summed E-state index contributed by atoms with van der Waals surface area (Å²) < 4.78 is 0. The normalized spacial score (nSPS) is 16.4. The summed E-state index contributed by atoms with van der Waals surface area (Å²) in [5, 5.41) is 3.16. The van der Waals surface area contributed by atoms with Crippen molar-refractivity contribution in [3.63, 3.8) is 0 Å². The maximum Gasteiger partial charge on any atom is 0.251 e. The van der Waals surface area contributed by atoms with Gasteiger partial charge in [0.2, 0.25) is 5.78 Å². The third kappa shape index (κ3) is 2.33. The van der Waals surface area contributed by atoms with E-state index >= 15 is 0 Å². The number of carbonyl (C=O) groups is 2. The third-order valence-electron chi connectivity index (χ3n) is 3.74. The highest BCUT2D eigenvalue weighted by Gasteiger charge is 2.32. The van der Waals surface area contributed by atoms with Crippen molar-refractivity contribution in [2.45, 2.75) is 33.2 Å². The quantitative estimate of drug-likeness (QED) is 0.823. The van der Waals surface area contributed by atoms with Crippen LogP contribution in [0.3, 0.4) is 0 Å². The zero-order valence-electron chi connectivity index (χ0n) is 12.1. The van der Waals surface area contributed by atoms with Gasteiger partial charge in [-0.2, -0.15) is 0 Å². The van der Waals surface area contributed by atoms with Gasteiger partial charge in [0, 0.05) is 17.2 Å². The third-order valence-corrected chi connectivity index (χ3v) is 3.74. The average molecular weight is 272 g/mol. The van der Waals surface area contributed by atoms with Gasteiger partial charge in [-0.25, -0.2) is 0 Å². The largest absolute Gasteiger partial charge is 0.396 e. The molecule has 1 unspecified atom stereocenters. The van der Waals surface area contributed by atoms with Crippen molar-refractivity contribution in [2.75, 3.05) is 0 Å². The van der Waals surface area contributed by atoms with Crippen LogP contribution in [0, 0.1) is 5.92 Å². The van der Waals surface area contributed by atoms with Gasteiger partial charge in [0.15, 0.2) is 0 Å². The van der Waals surface area contributed by atoms with Crippen molar-refractivity contribution in [1.82, 2.24) is 5.32 Å². The monoisotopic (exact) mass is 272 g/mol. The second-order valence-electron chi connectivity index (χ2n) is 5.40. The van der Waals surface area contributed by atoms with Gasteiger partial charge in [-0.3, -0.25) is 9.59 Å². The second-order valence-corrected chi connectivity index (χ2v) is 5.40. The Morgan fingerprint density at radius 1 is 1.10 bits per heavy atom. The summed E-state index contributed by atoms with van der Waals surface area (Å²) in [6, 6.07) is 7.07. The van der Waals surface area contributed by atoms with E-state index in [1.165, 1.54) is 0 Å². The summed E-state index contributed by atoms with van der Waals surface area (Å²) >= 11 is 0. The Kier molecular flexibility index (Phi) is 3.93. The predicted molar refractivity (Wildman–Crippen MR) is 78.9 cm³/mol. The first kappa shape index (κ1) is 14.3. The van der Waals surface area contributed by atoms with Crippen molar-refractivity contribution < 1.29 is 9.59 Å². The van der Waals surface area contributed by atoms with Crippen molar-refractivity contribution >= 4 is 17.3 Å². The minimum Gasteiger partial charge on any atom is -0.396 e. The predicted octanol–water partition coefficient (Wildman–Crippen LogP) is 2.10. The molecule has 4 heteroatoms. The number of hydrogen-bond donors (Lipinski definition) is 2. The van der Waals surface area contributed by atoms with Gasteiger partial charge in [-0.05, 0) is 12.3 Å². The maximum atomic E-state index is 12.2. The molecule has 0 bridgehead atoms. The molecule has 1 aliphatic carbocycles. The molecule has 1 aromatic rings. The average Bonchev–Trinajstić information content (AvgIpc) is 2.45. The molecular weight excluding hydrogens is 252 g/mol. The molecule has 20 heavy (non-hydrogen) atoms. The molecule has 0 aromatic heterocycles.